The second-order valence-electron chi connectivity index (χ2n) is 1.39. The van der Waals surface area contributed by atoms with E-state index in [1.165, 1.54) is 11.3 Å². The van der Waals surface area contributed by atoms with E-state index < -0.39 is 0 Å². The Morgan fingerprint density at radius 2 is 2.56 bits per heavy atom. The normalized spacial score (nSPS) is 10.2. The summed E-state index contributed by atoms with van der Waals surface area (Å²) < 4.78 is 0. The van der Waals surface area contributed by atoms with Crippen molar-refractivity contribution in [1.29, 1.82) is 0 Å². The molecule has 2 rings (SSSR count). The fourth-order valence-electron chi connectivity index (χ4n) is 0.517. The van der Waals surface area contributed by atoms with Gasteiger partial charge in [0.2, 0.25) is 12.0 Å². The largest absolute Gasteiger partial charge is 0.223 e. The highest BCUT2D eigenvalue weighted by Crippen LogP contribution is 2.08. The summed E-state index contributed by atoms with van der Waals surface area (Å²) in [6, 6.07) is 0. The van der Waals surface area contributed by atoms with Crippen molar-refractivity contribution in [3.63, 3.8) is 0 Å². The summed E-state index contributed by atoms with van der Waals surface area (Å²) in [5, 5.41) is 7.12. The lowest BCUT2D eigenvalue weighted by Crippen LogP contribution is -1.82. The molecule has 0 bridgehead atoms. The van der Waals surface area contributed by atoms with Crippen LogP contribution < -0.4 is 0 Å². The van der Waals surface area contributed by atoms with Crippen LogP contribution in [0.4, 0.5) is 0 Å². The lowest BCUT2D eigenvalue weighted by molar-refractivity contribution is 1.00. The molecule has 5 heteroatoms. The van der Waals surface area contributed by atoms with Crippen LogP contribution in [0.25, 0.3) is 10.5 Å². The zero-order valence-corrected chi connectivity index (χ0v) is 5.09. The zero-order chi connectivity index (χ0) is 6.10. The van der Waals surface area contributed by atoms with Crippen LogP contribution in [0.1, 0.15) is 0 Å². The summed E-state index contributed by atoms with van der Waals surface area (Å²) in [6.07, 6.45) is 2.38. The highest BCUT2D eigenvalue weighted by atomic mass is 32.1. The third kappa shape index (κ3) is 0.655. The van der Waals surface area contributed by atoms with Crippen molar-refractivity contribution in [3.05, 3.63) is 11.8 Å². The van der Waals surface area contributed by atoms with Crippen LogP contribution in [0.15, 0.2) is 5.51 Å². The van der Waals surface area contributed by atoms with Gasteiger partial charge in [0.05, 0.1) is 5.51 Å². The van der Waals surface area contributed by atoms with Crippen LogP contribution in [0.5, 0.6) is 0 Å². The Hall–Kier alpha value is -1.10. The van der Waals surface area contributed by atoms with Crippen LogP contribution >= 0.6 is 11.3 Å². The molecule has 0 aliphatic carbocycles. The Labute approximate surface area is 54.6 Å². The Bertz CT molecular complexity index is 287. The molecule has 0 unspecified atom stereocenters. The third-order valence-corrected chi connectivity index (χ3v) is 1.58. The summed E-state index contributed by atoms with van der Waals surface area (Å²) in [5.41, 5.74) is 2.28. The van der Waals surface area contributed by atoms with Gasteiger partial charge in [-0.15, -0.1) is 21.5 Å². The number of rotatable bonds is 0. The van der Waals surface area contributed by atoms with Gasteiger partial charge in [0.1, 0.15) is 0 Å². The number of fused-ring (bicyclic) bond motifs is 1. The van der Waals surface area contributed by atoms with E-state index >= 15 is 0 Å². The molecule has 0 aliphatic heterocycles. The number of aromatic nitrogens is 4. The molecule has 0 fully saturated rings. The lowest BCUT2D eigenvalue weighted by atomic mass is 10.8. The van der Waals surface area contributed by atoms with Crippen molar-refractivity contribution in [1.82, 2.24) is 20.2 Å². The average molecular weight is 137 g/mol. The van der Waals surface area contributed by atoms with Crippen LogP contribution in [-0.4, -0.2) is 20.2 Å². The summed E-state index contributed by atoms with van der Waals surface area (Å²) in [7, 11) is 0. The standard InChI is InChI=1S/C4HN4S/c1-5-4-3(8-7-1)6-2-9-4/h2H. The molecule has 2 heterocycles. The fraction of sp³-hybridized carbons (Fsp3) is 0. The molecule has 0 spiro atoms. The third-order valence-electron chi connectivity index (χ3n) is 0.872. The Morgan fingerprint density at radius 1 is 1.56 bits per heavy atom. The SMILES string of the molecule is [c]1nnc2ncsc2n1. The Kier molecular flexibility index (Phi) is 0.895. The molecule has 2 aromatic rings. The number of nitrogens with zero attached hydrogens (tertiary/aromatic N) is 4. The van der Waals surface area contributed by atoms with Gasteiger partial charge in [0.25, 0.3) is 0 Å². The monoisotopic (exact) mass is 137 g/mol. The second-order valence-corrected chi connectivity index (χ2v) is 2.23. The number of hydrogen-bond donors (Lipinski definition) is 0. The minimum Gasteiger partial charge on any atom is -0.222 e. The van der Waals surface area contributed by atoms with Gasteiger partial charge in [-0.3, -0.25) is 0 Å². The first kappa shape index (κ1) is 4.75. The minimum absolute atomic E-state index is 0.596. The van der Waals surface area contributed by atoms with E-state index in [4.69, 9.17) is 0 Å². The highest BCUT2D eigenvalue weighted by Gasteiger charge is 1.94. The van der Waals surface area contributed by atoms with Gasteiger partial charge in [0, 0.05) is 0 Å². The Morgan fingerprint density at radius 3 is 3.44 bits per heavy atom. The quantitative estimate of drug-likeness (QED) is 0.523. The minimum atomic E-state index is 0.596. The molecule has 0 N–H and O–H groups in total. The molecule has 2 aromatic heterocycles. The van der Waals surface area contributed by atoms with Crippen molar-refractivity contribution in [2.75, 3.05) is 0 Å². The van der Waals surface area contributed by atoms with E-state index in [0.717, 1.165) is 4.83 Å². The van der Waals surface area contributed by atoms with Gasteiger partial charge in [0.15, 0.2) is 4.83 Å². The van der Waals surface area contributed by atoms with E-state index in [-0.39, 0.29) is 0 Å². The van der Waals surface area contributed by atoms with Gasteiger partial charge in [-0.05, 0) is 0 Å². The molecule has 4 nitrogen and oxygen atoms in total. The molecular weight excluding hydrogens is 136 g/mol. The van der Waals surface area contributed by atoms with Gasteiger partial charge in [-0.2, -0.15) is 0 Å². The predicted molar refractivity (Wildman–Crippen MR) is 31.8 cm³/mol. The van der Waals surface area contributed by atoms with Crippen molar-refractivity contribution in [3.8, 4) is 0 Å². The summed E-state index contributed by atoms with van der Waals surface area (Å²) in [4.78, 5) is 8.46. The molecule has 43 valence electrons. The molecule has 0 aliphatic rings. The van der Waals surface area contributed by atoms with E-state index in [1.54, 1.807) is 5.51 Å². The fourth-order valence-corrected chi connectivity index (χ4v) is 1.06. The smallest absolute Gasteiger partial charge is 0.222 e. The molecule has 1 radical (unpaired) electrons. The average Bonchev–Trinajstić information content (AvgIpc) is 2.33. The molecule has 0 saturated carbocycles. The van der Waals surface area contributed by atoms with Crippen LogP contribution in [0.2, 0.25) is 0 Å². The Balaban J connectivity index is 2.95. The molecule has 9 heavy (non-hydrogen) atoms. The molecule has 0 amide bonds. The second kappa shape index (κ2) is 1.70. The molecule has 0 atom stereocenters. The zero-order valence-electron chi connectivity index (χ0n) is 4.27. The first-order chi connectivity index (χ1) is 4.47. The maximum atomic E-state index is 3.88. The molecular formula is C4HN4S. The number of thiazole rings is 1. The maximum absolute atomic E-state index is 3.88. The highest BCUT2D eigenvalue weighted by molar-refractivity contribution is 7.16. The molecule has 0 saturated heterocycles. The van der Waals surface area contributed by atoms with Crippen molar-refractivity contribution in [2.24, 2.45) is 0 Å². The lowest BCUT2D eigenvalue weighted by Gasteiger charge is -1.76. The maximum Gasteiger partial charge on any atom is 0.223 e. The summed E-state index contributed by atoms with van der Waals surface area (Å²) >= 11 is 1.43. The topological polar surface area (TPSA) is 51.6 Å². The van der Waals surface area contributed by atoms with Gasteiger partial charge in [-0.25, -0.2) is 9.97 Å². The van der Waals surface area contributed by atoms with E-state index in [2.05, 4.69) is 26.5 Å². The van der Waals surface area contributed by atoms with Gasteiger partial charge >= 0.3 is 0 Å². The van der Waals surface area contributed by atoms with Crippen LogP contribution in [-0.2, 0) is 0 Å². The number of hydrogen-bond acceptors (Lipinski definition) is 5. The first-order valence-electron chi connectivity index (χ1n) is 2.27. The van der Waals surface area contributed by atoms with Crippen molar-refractivity contribution < 1.29 is 0 Å². The molecule has 0 aromatic carbocycles. The van der Waals surface area contributed by atoms with Gasteiger partial charge < -0.3 is 0 Å². The van der Waals surface area contributed by atoms with E-state index in [1.807, 2.05) is 0 Å². The van der Waals surface area contributed by atoms with Crippen molar-refractivity contribution >= 4 is 21.8 Å². The summed E-state index contributed by atoms with van der Waals surface area (Å²) in [6.45, 7) is 0. The first-order valence-corrected chi connectivity index (χ1v) is 3.15. The van der Waals surface area contributed by atoms with Gasteiger partial charge in [-0.1, -0.05) is 0 Å². The predicted octanol–water partition coefficient (Wildman–Crippen LogP) is 0.281. The van der Waals surface area contributed by atoms with Crippen LogP contribution in [0, 0.1) is 6.33 Å². The summed E-state index contributed by atoms with van der Waals surface area (Å²) in [5.74, 6) is 0. The van der Waals surface area contributed by atoms with E-state index in [0.29, 0.717) is 5.65 Å². The van der Waals surface area contributed by atoms with Crippen molar-refractivity contribution in [2.45, 2.75) is 0 Å². The van der Waals surface area contributed by atoms with E-state index in [9.17, 15) is 0 Å². The van der Waals surface area contributed by atoms with Crippen LogP contribution in [0.3, 0.4) is 0 Å².